The maximum atomic E-state index is 4.31. The fraction of sp³-hybridized carbons (Fsp3) is 0.727. The van der Waals surface area contributed by atoms with Crippen LogP contribution in [-0.2, 0) is 0 Å². The zero-order chi connectivity index (χ0) is 10.1. The highest BCUT2D eigenvalue weighted by Crippen LogP contribution is 2.09. The first-order valence-corrected chi connectivity index (χ1v) is 5.49. The van der Waals surface area contributed by atoms with Crippen LogP contribution in [0.4, 0.5) is 0 Å². The van der Waals surface area contributed by atoms with Gasteiger partial charge in [0.1, 0.15) is 0 Å². The molecule has 0 N–H and O–H groups in total. The number of hydrogen-bond donors (Lipinski definition) is 0. The Bertz CT molecular complexity index is 169. The van der Waals surface area contributed by atoms with Crippen LogP contribution in [0.3, 0.4) is 0 Å². The molecule has 0 radical (unpaired) electrons. The van der Waals surface area contributed by atoms with E-state index in [9.17, 15) is 0 Å². The van der Waals surface area contributed by atoms with E-state index in [1.807, 2.05) is 0 Å². The highest BCUT2D eigenvalue weighted by Gasteiger charge is 2.11. The minimum absolute atomic E-state index is 0.704. The van der Waals surface area contributed by atoms with E-state index in [0.29, 0.717) is 6.71 Å². The first-order valence-electron chi connectivity index (χ1n) is 5.49. The van der Waals surface area contributed by atoms with Crippen molar-refractivity contribution >= 4 is 12.9 Å². The van der Waals surface area contributed by atoms with Crippen LogP contribution in [0.25, 0.3) is 0 Å². The monoisotopic (exact) mass is 179 g/mol. The number of nitrogens with zero attached hydrogens (tertiary/aromatic N) is 1. The van der Waals surface area contributed by atoms with Crippen LogP contribution in [0.15, 0.2) is 16.5 Å². The van der Waals surface area contributed by atoms with Gasteiger partial charge in [-0.15, -0.1) is 0 Å². The Hall–Kier alpha value is -0.525. The lowest BCUT2D eigenvalue weighted by Gasteiger charge is -2.09. The molecule has 0 saturated carbocycles. The summed E-state index contributed by atoms with van der Waals surface area (Å²) in [6.07, 6.45) is 7.91. The van der Waals surface area contributed by atoms with E-state index < -0.39 is 0 Å². The summed E-state index contributed by atoms with van der Waals surface area (Å²) in [6.45, 7) is 10.3. The topological polar surface area (TPSA) is 12.4 Å². The molecule has 0 bridgehead atoms. The van der Waals surface area contributed by atoms with Gasteiger partial charge in [-0.05, 0) is 13.3 Å². The van der Waals surface area contributed by atoms with Gasteiger partial charge in [0.15, 0.2) is 6.71 Å². The van der Waals surface area contributed by atoms with E-state index in [1.165, 1.54) is 18.1 Å². The third kappa shape index (κ3) is 4.92. The second-order valence-corrected chi connectivity index (χ2v) is 3.25. The van der Waals surface area contributed by atoms with Crippen molar-refractivity contribution in [3.63, 3.8) is 0 Å². The highest BCUT2D eigenvalue weighted by atomic mass is 14.7. The normalized spacial score (nSPS) is 12.5. The Morgan fingerprint density at radius 2 is 1.77 bits per heavy atom. The average molecular weight is 179 g/mol. The van der Waals surface area contributed by atoms with Crippen molar-refractivity contribution in [2.75, 3.05) is 6.54 Å². The fourth-order valence-electron chi connectivity index (χ4n) is 1.52. The van der Waals surface area contributed by atoms with E-state index in [4.69, 9.17) is 0 Å². The molecule has 74 valence electrons. The highest BCUT2D eigenvalue weighted by molar-refractivity contribution is 6.71. The van der Waals surface area contributed by atoms with Gasteiger partial charge in [-0.25, -0.2) is 0 Å². The molecule has 0 saturated heterocycles. The summed E-state index contributed by atoms with van der Waals surface area (Å²) in [5.41, 5.74) is 1.43. The van der Waals surface area contributed by atoms with E-state index in [0.717, 1.165) is 13.0 Å². The van der Waals surface area contributed by atoms with Crippen molar-refractivity contribution in [3.8, 4) is 0 Å². The summed E-state index contributed by atoms with van der Waals surface area (Å²) in [4.78, 5) is 4.31. The second-order valence-electron chi connectivity index (χ2n) is 3.25. The zero-order valence-electron chi connectivity index (χ0n) is 9.51. The molecule has 0 aliphatic heterocycles. The standard InChI is InChI=1S/C11H22BN/c1-5-9-11(10-13-8-4)12(6-2)7-3/h9-10H,5-8H2,1-4H3/b11-9+,13-10?. The third-order valence-corrected chi connectivity index (χ3v) is 2.32. The molecule has 0 heterocycles. The number of allylic oxidation sites excluding steroid dienone is 2. The molecule has 0 aromatic heterocycles. The molecule has 0 atom stereocenters. The van der Waals surface area contributed by atoms with Crippen molar-refractivity contribution in [1.82, 2.24) is 0 Å². The molecule has 0 aliphatic rings. The van der Waals surface area contributed by atoms with Crippen LogP contribution in [0, 0.1) is 0 Å². The zero-order valence-corrected chi connectivity index (χ0v) is 9.51. The molecule has 0 unspecified atom stereocenters. The third-order valence-electron chi connectivity index (χ3n) is 2.32. The molecule has 0 rings (SSSR count). The Morgan fingerprint density at radius 3 is 2.15 bits per heavy atom. The van der Waals surface area contributed by atoms with Gasteiger partial charge in [0.05, 0.1) is 0 Å². The molecule has 0 aromatic carbocycles. The van der Waals surface area contributed by atoms with Crippen LogP contribution < -0.4 is 0 Å². The van der Waals surface area contributed by atoms with Gasteiger partial charge in [0, 0.05) is 12.8 Å². The Labute approximate surface area is 83.4 Å². The van der Waals surface area contributed by atoms with Gasteiger partial charge in [-0.3, -0.25) is 4.99 Å². The lowest BCUT2D eigenvalue weighted by atomic mass is 9.41. The van der Waals surface area contributed by atoms with Crippen molar-refractivity contribution in [2.45, 2.75) is 46.8 Å². The number of aliphatic imine (C=N–C) groups is 1. The molecule has 0 spiro atoms. The molecule has 0 aromatic rings. The van der Waals surface area contributed by atoms with E-state index in [1.54, 1.807) is 0 Å². The summed E-state index contributed by atoms with van der Waals surface area (Å²) < 4.78 is 0. The maximum Gasteiger partial charge on any atom is 0.176 e. The van der Waals surface area contributed by atoms with Gasteiger partial charge in [-0.1, -0.05) is 45.0 Å². The van der Waals surface area contributed by atoms with Gasteiger partial charge >= 0.3 is 0 Å². The van der Waals surface area contributed by atoms with Gasteiger partial charge < -0.3 is 0 Å². The summed E-state index contributed by atoms with van der Waals surface area (Å²) in [6, 6.07) is 0. The van der Waals surface area contributed by atoms with Crippen LogP contribution >= 0.6 is 0 Å². The fourth-order valence-corrected chi connectivity index (χ4v) is 1.52. The van der Waals surface area contributed by atoms with Crippen LogP contribution in [0.1, 0.15) is 34.1 Å². The molecular formula is C11H22BN. The van der Waals surface area contributed by atoms with E-state index in [-0.39, 0.29) is 0 Å². The van der Waals surface area contributed by atoms with E-state index >= 15 is 0 Å². The first-order chi connectivity index (χ1) is 6.29. The maximum absolute atomic E-state index is 4.31. The van der Waals surface area contributed by atoms with Crippen molar-refractivity contribution in [2.24, 2.45) is 4.99 Å². The lowest BCUT2D eigenvalue weighted by molar-refractivity contribution is 1.14. The SMILES string of the molecule is CC/C=C(\C=NCC)B(CC)CC. The minimum Gasteiger partial charge on any atom is -0.294 e. The summed E-state index contributed by atoms with van der Waals surface area (Å²) in [5.74, 6) is 0. The largest absolute Gasteiger partial charge is 0.294 e. The Balaban J connectivity index is 4.39. The number of rotatable bonds is 6. The van der Waals surface area contributed by atoms with Crippen LogP contribution in [0.2, 0.25) is 12.6 Å². The van der Waals surface area contributed by atoms with E-state index in [2.05, 4.69) is 45.0 Å². The average Bonchev–Trinajstić information content (AvgIpc) is 2.16. The molecule has 1 nitrogen and oxygen atoms in total. The number of hydrogen-bond acceptors (Lipinski definition) is 1. The van der Waals surface area contributed by atoms with Gasteiger partial charge in [-0.2, -0.15) is 0 Å². The van der Waals surface area contributed by atoms with Crippen molar-refractivity contribution in [1.29, 1.82) is 0 Å². The predicted molar refractivity (Wildman–Crippen MR) is 64.1 cm³/mol. The predicted octanol–water partition coefficient (Wildman–Crippen LogP) is 3.49. The smallest absolute Gasteiger partial charge is 0.176 e. The molecule has 2 heteroatoms. The molecule has 0 fully saturated rings. The summed E-state index contributed by atoms with van der Waals surface area (Å²) >= 11 is 0. The van der Waals surface area contributed by atoms with Crippen LogP contribution in [-0.4, -0.2) is 19.5 Å². The van der Waals surface area contributed by atoms with Gasteiger partial charge in [0.2, 0.25) is 0 Å². The Kier molecular flexibility index (Phi) is 7.76. The first kappa shape index (κ1) is 12.5. The molecular weight excluding hydrogens is 157 g/mol. The van der Waals surface area contributed by atoms with Crippen LogP contribution in [0.5, 0.6) is 0 Å². The minimum atomic E-state index is 0.704. The second kappa shape index (κ2) is 8.09. The van der Waals surface area contributed by atoms with Crippen molar-refractivity contribution in [3.05, 3.63) is 11.5 Å². The molecule has 0 aliphatic carbocycles. The van der Waals surface area contributed by atoms with Gasteiger partial charge in [0.25, 0.3) is 0 Å². The Morgan fingerprint density at radius 1 is 1.15 bits per heavy atom. The summed E-state index contributed by atoms with van der Waals surface area (Å²) in [5, 5.41) is 0. The molecule has 0 amide bonds. The summed E-state index contributed by atoms with van der Waals surface area (Å²) in [7, 11) is 0. The quantitative estimate of drug-likeness (QED) is 0.437. The van der Waals surface area contributed by atoms with Crippen molar-refractivity contribution < 1.29 is 0 Å². The molecule has 13 heavy (non-hydrogen) atoms. The lowest BCUT2D eigenvalue weighted by Crippen LogP contribution is -2.14.